The standard InChI is InChI=1S/C27H33N3O3/c1-4-22(3)30(27(32)28-25-15-9-8-11-21(25)2)20-26(31)29(19-24-14-10-18-33-24)17-16-23-12-6-5-7-13-23/h5-15,18,22H,4,16-17,19-20H2,1-3H3,(H,28,32). The number of benzene rings is 2. The van der Waals surface area contributed by atoms with E-state index >= 15 is 0 Å². The maximum atomic E-state index is 13.4. The second kappa shape index (κ2) is 11.9. The van der Waals surface area contributed by atoms with Crippen molar-refractivity contribution < 1.29 is 14.0 Å². The van der Waals surface area contributed by atoms with E-state index in [4.69, 9.17) is 4.42 Å². The van der Waals surface area contributed by atoms with Crippen LogP contribution in [-0.4, -0.2) is 40.9 Å². The summed E-state index contributed by atoms with van der Waals surface area (Å²) in [7, 11) is 0. The number of rotatable bonds is 10. The van der Waals surface area contributed by atoms with Crippen molar-refractivity contribution in [3.05, 3.63) is 89.9 Å². The van der Waals surface area contributed by atoms with E-state index < -0.39 is 0 Å². The number of amides is 3. The van der Waals surface area contributed by atoms with Gasteiger partial charge in [-0.15, -0.1) is 0 Å². The van der Waals surface area contributed by atoms with E-state index in [1.165, 1.54) is 0 Å². The number of aryl methyl sites for hydroxylation is 1. The van der Waals surface area contributed by atoms with Crippen LogP contribution in [0.5, 0.6) is 0 Å². The summed E-state index contributed by atoms with van der Waals surface area (Å²) >= 11 is 0. The SMILES string of the molecule is CCC(C)N(CC(=O)N(CCc1ccccc1)Cc1ccco1)C(=O)Nc1ccccc1C. The molecule has 6 nitrogen and oxygen atoms in total. The first-order valence-electron chi connectivity index (χ1n) is 11.4. The Bertz CT molecular complexity index is 1020. The number of furan rings is 1. The zero-order valence-electron chi connectivity index (χ0n) is 19.7. The van der Waals surface area contributed by atoms with E-state index in [9.17, 15) is 9.59 Å². The lowest BCUT2D eigenvalue weighted by atomic mass is 10.1. The first kappa shape index (κ1) is 24.1. The van der Waals surface area contributed by atoms with Gasteiger partial charge in [-0.05, 0) is 56.0 Å². The van der Waals surface area contributed by atoms with Gasteiger partial charge in [-0.1, -0.05) is 55.5 Å². The van der Waals surface area contributed by atoms with Crippen molar-refractivity contribution >= 4 is 17.6 Å². The third-order valence-electron chi connectivity index (χ3n) is 5.87. The molecule has 0 fully saturated rings. The molecule has 0 aliphatic rings. The van der Waals surface area contributed by atoms with Crippen molar-refractivity contribution in [1.82, 2.24) is 9.80 Å². The van der Waals surface area contributed by atoms with Gasteiger partial charge in [-0.25, -0.2) is 4.79 Å². The van der Waals surface area contributed by atoms with Crippen LogP contribution in [0.25, 0.3) is 0 Å². The molecule has 1 atom stereocenters. The topological polar surface area (TPSA) is 65.8 Å². The number of nitrogens with zero attached hydrogens (tertiary/aromatic N) is 2. The van der Waals surface area contributed by atoms with Gasteiger partial charge < -0.3 is 19.5 Å². The van der Waals surface area contributed by atoms with Crippen molar-refractivity contribution in [2.45, 2.75) is 46.2 Å². The smallest absolute Gasteiger partial charge is 0.322 e. The number of hydrogen-bond donors (Lipinski definition) is 1. The molecule has 174 valence electrons. The van der Waals surface area contributed by atoms with E-state index in [1.54, 1.807) is 16.1 Å². The van der Waals surface area contributed by atoms with Crippen LogP contribution < -0.4 is 5.32 Å². The highest BCUT2D eigenvalue weighted by Crippen LogP contribution is 2.16. The molecular weight excluding hydrogens is 414 g/mol. The number of carbonyl (C=O) groups excluding carboxylic acids is 2. The van der Waals surface area contributed by atoms with Gasteiger partial charge in [0.25, 0.3) is 0 Å². The van der Waals surface area contributed by atoms with Crippen molar-refractivity contribution in [1.29, 1.82) is 0 Å². The van der Waals surface area contributed by atoms with Gasteiger partial charge in [0.2, 0.25) is 5.91 Å². The molecule has 1 N–H and O–H groups in total. The number of carbonyl (C=O) groups is 2. The maximum Gasteiger partial charge on any atom is 0.322 e. The second-order valence-corrected chi connectivity index (χ2v) is 8.26. The lowest BCUT2D eigenvalue weighted by Gasteiger charge is -2.31. The quantitative estimate of drug-likeness (QED) is 0.447. The number of nitrogens with one attached hydrogen (secondary N) is 1. The minimum absolute atomic E-state index is 0.00220. The van der Waals surface area contributed by atoms with E-state index in [0.717, 1.165) is 35.4 Å². The molecule has 0 aliphatic carbocycles. The van der Waals surface area contributed by atoms with Gasteiger partial charge in [-0.2, -0.15) is 0 Å². The largest absolute Gasteiger partial charge is 0.467 e. The fourth-order valence-corrected chi connectivity index (χ4v) is 3.59. The average molecular weight is 448 g/mol. The molecule has 1 aromatic heterocycles. The maximum absolute atomic E-state index is 13.4. The predicted molar refractivity (Wildman–Crippen MR) is 131 cm³/mol. The second-order valence-electron chi connectivity index (χ2n) is 8.26. The molecule has 0 aliphatic heterocycles. The highest BCUT2D eigenvalue weighted by atomic mass is 16.3. The molecular formula is C27H33N3O3. The van der Waals surface area contributed by atoms with E-state index in [-0.39, 0.29) is 24.5 Å². The Kier molecular flexibility index (Phi) is 8.70. The summed E-state index contributed by atoms with van der Waals surface area (Å²) in [5, 5.41) is 2.97. The monoisotopic (exact) mass is 447 g/mol. The van der Waals surface area contributed by atoms with Crippen LogP contribution in [-0.2, 0) is 17.8 Å². The Morgan fingerprint density at radius 3 is 2.39 bits per heavy atom. The van der Waals surface area contributed by atoms with Gasteiger partial charge in [-0.3, -0.25) is 4.79 Å². The summed E-state index contributed by atoms with van der Waals surface area (Å²) in [5.41, 5.74) is 2.88. The molecule has 0 radical (unpaired) electrons. The van der Waals surface area contributed by atoms with E-state index in [0.29, 0.717) is 13.1 Å². The molecule has 0 saturated heterocycles. The zero-order valence-corrected chi connectivity index (χ0v) is 19.7. The lowest BCUT2D eigenvalue weighted by molar-refractivity contribution is -0.133. The number of urea groups is 1. The molecule has 0 spiro atoms. The summed E-state index contributed by atoms with van der Waals surface area (Å²) in [6, 6.07) is 21.0. The Morgan fingerprint density at radius 1 is 1.00 bits per heavy atom. The van der Waals surface area contributed by atoms with E-state index in [2.05, 4.69) is 17.4 Å². The Labute approximate surface area is 196 Å². The van der Waals surface area contributed by atoms with Crippen molar-refractivity contribution in [3.8, 4) is 0 Å². The number of hydrogen-bond acceptors (Lipinski definition) is 3. The Hall–Kier alpha value is -3.54. The van der Waals surface area contributed by atoms with Crippen LogP contribution in [0.1, 0.15) is 37.2 Å². The average Bonchev–Trinajstić information content (AvgIpc) is 3.35. The van der Waals surface area contributed by atoms with Gasteiger partial charge in [0, 0.05) is 18.3 Å². The van der Waals surface area contributed by atoms with Crippen molar-refractivity contribution in [2.24, 2.45) is 0 Å². The molecule has 33 heavy (non-hydrogen) atoms. The first-order chi connectivity index (χ1) is 16.0. The molecule has 6 heteroatoms. The summed E-state index contributed by atoms with van der Waals surface area (Å²) in [5.74, 6) is 0.610. The van der Waals surface area contributed by atoms with Crippen molar-refractivity contribution in [2.75, 3.05) is 18.4 Å². The van der Waals surface area contributed by atoms with Crippen LogP contribution in [0.3, 0.4) is 0 Å². The minimum atomic E-state index is -0.270. The first-order valence-corrected chi connectivity index (χ1v) is 11.4. The van der Waals surface area contributed by atoms with E-state index in [1.807, 2.05) is 75.4 Å². The molecule has 3 aromatic rings. The molecule has 0 bridgehead atoms. The lowest BCUT2D eigenvalue weighted by Crippen LogP contribution is -2.48. The fourth-order valence-electron chi connectivity index (χ4n) is 3.59. The number of anilines is 1. The molecule has 2 aromatic carbocycles. The highest BCUT2D eigenvalue weighted by molar-refractivity contribution is 5.93. The summed E-state index contributed by atoms with van der Waals surface area (Å²) in [4.78, 5) is 29.9. The van der Waals surface area contributed by atoms with Gasteiger partial charge in [0.05, 0.1) is 12.8 Å². The van der Waals surface area contributed by atoms with Crippen LogP contribution in [0.15, 0.2) is 77.4 Å². The minimum Gasteiger partial charge on any atom is -0.467 e. The third-order valence-corrected chi connectivity index (χ3v) is 5.87. The Balaban J connectivity index is 1.73. The zero-order chi connectivity index (χ0) is 23.6. The summed E-state index contributed by atoms with van der Waals surface area (Å²) in [6.45, 7) is 6.83. The molecule has 3 amide bonds. The molecule has 1 unspecified atom stereocenters. The van der Waals surface area contributed by atoms with Crippen LogP contribution >= 0.6 is 0 Å². The third kappa shape index (κ3) is 6.97. The fraction of sp³-hybridized carbons (Fsp3) is 0.333. The number of para-hydroxylation sites is 1. The summed E-state index contributed by atoms with van der Waals surface area (Å²) in [6.07, 6.45) is 3.08. The van der Waals surface area contributed by atoms with Crippen LogP contribution in [0, 0.1) is 6.92 Å². The molecule has 3 rings (SSSR count). The van der Waals surface area contributed by atoms with Crippen LogP contribution in [0.2, 0.25) is 0 Å². The molecule has 0 saturated carbocycles. The summed E-state index contributed by atoms with van der Waals surface area (Å²) < 4.78 is 5.49. The normalized spacial score (nSPS) is 11.6. The van der Waals surface area contributed by atoms with Gasteiger partial charge in [0.1, 0.15) is 12.3 Å². The van der Waals surface area contributed by atoms with Crippen LogP contribution in [0.4, 0.5) is 10.5 Å². The van der Waals surface area contributed by atoms with Gasteiger partial charge >= 0.3 is 6.03 Å². The predicted octanol–water partition coefficient (Wildman–Crippen LogP) is 5.49. The highest BCUT2D eigenvalue weighted by Gasteiger charge is 2.25. The molecule has 1 heterocycles. The Morgan fingerprint density at radius 2 is 1.73 bits per heavy atom. The van der Waals surface area contributed by atoms with Gasteiger partial charge in [0.15, 0.2) is 0 Å². The van der Waals surface area contributed by atoms with Crippen molar-refractivity contribution in [3.63, 3.8) is 0 Å².